The van der Waals surface area contributed by atoms with Crippen molar-refractivity contribution in [3.63, 3.8) is 0 Å². The Kier molecular flexibility index (Phi) is 6.82. The van der Waals surface area contributed by atoms with E-state index >= 15 is 0 Å². The van der Waals surface area contributed by atoms with Gasteiger partial charge in [-0.1, -0.05) is 39.5 Å². The summed E-state index contributed by atoms with van der Waals surface area (Å²) < 4.78 is 0. The lowest BCUT2D eigenvalue weighted by Gasteiger charge is -2.08. The van der Waals surface area contributed by atoms with Crippen molar-refractivity contribution < 1.29 is 4.79 Å². The van der Waals surface area contributed by atoms with E-state index in [0.717, 1.165) is 19.3 Å². The number of hydrogen-bond donors (Lipinski definition) is 0. The predicted molar refractivity (Wildman–Crippen MR) is 50.6 cm³/mol. The number of rotatable bonds is 7. The van der Waals surface area contributed by atoms with Crippen LogP contribution in [0, 0.1) is 5.92 Å². The Morgan fingerprint density at radius 3 is 2.33 bits per heavy atom. The predicted octanol–water partition coefficient (Wildman–Crippen LogP) is 2.79. The summed E-state index contributed by atoms with van der Waals surface area (Å²) in [5, 5.41) is 0. The van der Waals surface area contributed by atoms with Crippen molar-refractivity contribution >= 4 is 5.91 Å². The topological polar surface area (TPSA) is 40.9 Å². The van der Waals surface area contributed by atoms with Gasteiger partial charge in [-0.05, 0) is 12.8 Å². The second-order valence-corrected chi connectivity index (χ2v) is 3.32. The van der Waals surface area contributed by atoms with Gasteiger partial charge in [-0.25, -0.2) is 0 Å². The highest BCUT2D eigenvalue weighted by Crippen LogP contribution is 2.13. The summed E-state index contributed by atoms with van der Waals surface area (Å²) >= 11 is 0. The summed E-state index contributed by atoms with van der Waals surface area (Å²) in [6, 6.07) is 0. The maximum atomic E-state index is 10.7. The van der Waals surface area contributed by atoms with Gasteiger partial charge in [0.05, 0.1) is 0 Å². The Bertz CT molecular complexity index is 123. The van der Waals surface area contributed by atoms with Crippen LogP contribution in [0.2, 0.25) is 0 Å². The van der Waals surface area contributed by atoms with Crippen LogP contribution in [0.15, 0.2) is 0 Å². The first kappa shape index (κ1) is 11.5. The maximum absolute atomic E-state index is 10.7. The van der Waals surface area contributed by atoms with Crippen LogP contribution in [0.4, 0.5) is 0 Å². The highest BCUT2D eigenvalue weighted by molar-refractivity contribution is 5.75. The first-order valence-corrected chi connectivity index (χ1v) is 4.97. The van der Waals surface area contributed by atoms with Gasteiger partial charge in [0.1, 0.15) is 0 Å². The van der Waals surface area contributed by atoms with E-state index in [1.54, 1.807) is 0 Å². The molecule has 0 saturated carbocycles. The number of carbonyl (C=O) groups excluding carboxylic acids is 1. The molecule has 0 aliphatic rings. The molecule has 1 atom stereocenters. The third-order valence-electron chi connectivity index (χ3n) is 2.27. The summed E-state index contributed by atoms with van der Waals surface area (Å²) in [6.45, 7) is 4.16. The van der Waals surface area contributed by atoms with Crippen molar-refractivity contribution in [2.75, 3.05) is 0 Å². The quantitative estimate of drug-likeness (QED) is 0.541. The minimum absolute atomic E-state index is 0.00172. The molecule has 71 valence electrons. The second kappa shape index (κ2) is 7.14. The third kappa shape index (κ3) is 5.16. The molecule has 1 amide bonds. The van der Waals surface area contributed by atoms with Crippen LogP contribution in [0.25, 0.3) is 0 Å². The maximum Gasteiger partial charge on any atom is 0.241 e. The average molecular weight is 170 g/mol. The van der Waals surface area contributed by atoms with Crippen molar-refractivity contribution in [2.24, 2.45) is 5.92 Å². The molecule has 0 heterocycles. The van der Waals surface area contributed by atoms with Crippen molar-refractivity contribution in [3.8, 4) is 0 Å². The van der Waals surface area contributed by atoms with Crippen molar-refractivity contribution in [1.82, 2.24) is 5.73 Å². The molecule has 2 heteroatoms. The number of hydrogen-bond acceptors (Lipinski definition) is 1. The zero-order chi connectivity index (χ0) is 9.40. The lowest BCUT2D eigenvalue weighted by molar-refractivity contribution is -0.122. The summed E-state index contributed by atoms with van der Waals surface area (Å²) in [6.07, 6.45) is 6.54. The number of amides is 1. The fourth-order valence-electron chi connectivity index (χ4n) is 1.34. The van der Waals surface area contributed by atoms with Gasteiger partial charge in [-0.15, -0.1) is 0 Å². The molecular weight excluding hydrogens is 150 g/mol. The Labute approximate surface area is 75.5 Å². The molecule has 0 saturated heterocycles. The minimum atomic E-state index is -0.381. The van der Waals surface area contributed by atoms with Gasteiger partial charge in [-0.3, -0.25) is 10.5 Å². The van der Waals surface area contributed by atoms with Crippen LogP contribution in [-0.4, -0.2) is 5.91 Å². The fourth-order valence-corrected chi connectivity index (χ4v) is 1.34. The van der Waals surface area contributed by atoms with Crippen molar-refractivity contribution in [1.29, 1.82) is 0 Å². The van der Waals surface area contributed by atoms with Gasteiger partial charge in [0.2, 0.25) is 5.91 Å². The van der Waals surface area contributed by atoms with Crippen LogP contribution < -0.4 is 5.73 Å². The summed E-state index contributed by atoms with van der Waals surface area (Å²) in [5.41, 5.74) is 6.98. The lowest BCUT2D eigenvalue weighted by Crippen LogP contribution is -2.13. The zero-order valence-electron chi connectivity index (χ0n) is 8.23. The molecule has 0 aromatic carbocycles. The number of nitrogens with one attached hydrogen (secondary N) is 1. The molecule has 0 aliphatic heterocycles. The summed E-state index contributed by atoms with van der Waals surface area (Å²) in [5.74, 6) is -0.379. The van der Waals surface area contributed by atoms with Crippen LogP contribution >= 0.6 is 0 Å². The van der Waals surface area contributed by atoms with E-state index in [2.05, 4.69) is 6.92 Å². The molecule has 0 aromatic rings. The largest absolute Gasteiger partial charge is 0.273 e. The van der Waals surface area contributed by atoms with Gasteiger partial charge in [0, 0.05) is 5.92 Å². The average Bonchev–Trinajstić information content (AvgIpc) is 2.04. The number of unbranched alkanes of at least 4 members (excludes halogenated alkanes) is 3. The number of carbonyl (C=O) groups is 1. The minimum Gasteiger partial charge on any atom is -0.273 e. The van der Waals surface area contributed by atoms with Crippen molar-refractivity contribution in [3.05, 3.63) is 0 Å². The Morgan fingerprint density at radius 1 is 1.25 bits per heavy atom. The first-order valence-electron chi connectivity index (χ1n) is 4.97. The van der Waals surface area contributed by atoms with Crippen molar-refractivity contribution in [2.45, 2.75) is 52.4 Å². The van der Waals surface area contributed by atoms with Crippen LogP contribution in [0.1, 0.15) is 52.4 Å². The molecule has 1 N–H and O–H groups in total. The van der Waals surface area contributed by atoms with Crippen LogP contribution in [-0.2, 0) is 4.79 Å². The smallest absolute Gasteiger partial charge is 0.241 e. The van der Waals surface area contributed by atoms with E-state index < -0.39 is 0 Å². The molecule has 0 fully saturated rings. The van der Waals surface area contributed by atoms with Gasteiger partial charge in [-0.2, -0.15) is 0 Å². The van der Waals surface area contributed by atoms with E-state index in [-0.39, 0.29) is 11.8 Å². The van der Waals surface area contributed by atoms with E-state index in [1.807, 2.05) is 6.92 Å². The SMILES string of the molecule is CCCCCCC(CC)C([NH])=O. The van der Waals surface area contributed by atoms with Gasteiger partial charge in [0.25, 0.3) is 0 Å². The Balaban J connectivity index is 3.38. The monoisotopic (exact) mass is 170 g/mol. The standard InChI is InChI=1S/C10H20NO/c1-3-5-6-7-8-9(4-2)10(11)12/h9,11H,3-8H2,1-2H3. The molecule has 12 heavy (non-hydrogen) atoms. The van der Waals surface area contributed by atoms with Crippen LogP contribution in [0.5, 0.6) is 0 Å². The molecule has 0 bridgehead atoms. The zero-order valence-corrected chi connectivity index (χ0v) is 8.23. The molecule has 1 unspecified atom stereocenters. The molecule has 2 nitrogen and oxygen atoms in total. The molecular formula is C10H20NO. The molecule has 0 rings (SSSR count). The lowest BCUT2D eigenvalue weighted by atomic mass is 9.98. The van der Waals surface area contributed by atoms with Gasteiger partial charge in [0.15, 0.2) is 0 Å². The van der Waals surface area contributed by atoms with E-state index in [4.69, 9.17) is 5.73 Å². The van der Waals surface area contributed by atoms with E-state index in [0.29, 0.717) is 0 Å². The molecule has 0 spiro atoms. The highest BCUT2D eigenvalue weighted by Gasteiger charge is 2.11. The Hall–Kier alpha value is -0.530. The normalized spacial score (nSPS) is 12.8. The molecule has 0 aliphatic carbocycles. The van der Waals surface area contributed by atoms with E-state index in [1.165, 1.54) is 19.3 Å². The Morgan fingerprint density at radius 2 is 1.92 bits per heavy atom. The second-order valence-electron chi connectivity index (χ2n) is 3.32. The van der Waals surface area contributed by atoms with Gasteiger partial charge < -0.3 is 0 Å². The summed E-state index contributed by atoms with van der Waals surface area (Å²) in [4.78, 5) is 10.7. The highest BCUT2D eigenvalue weighted by atomic mass is 16.1. The molecule has 1 radical (unpaired) electrons. The van der Waals surface area contributed by atoms with Crippen LogP contribution in [0.3, 0.4) is 0 Å². The van der Waals surface area contributed by atoms with E-state index in [9.17, 15) is 4.79 Å². The third-order valence-corrected chi connectivity index (χ3v) is 2.27. The summed E-state index contributed by atoms with van der Waals surface area (Å²) in [7, 11) is 0. The van der Waals surface area contributed by atoms with Gasteiger partial charge >= 0.3 is 0 Å². The first-order chi connectivity index (χ1) is 5.72. The molecule has 0 aromatic heterocycles. The fraction of sp³-hybridized carbons (Fsp3) is 0.900.